The van der Waals surface area contributed by atoms with Crippen molar-refractivity contribution in [2.45, 2.75) is 56.3 Å². The van der Waals surface area contributed by atoms with Gasteiger partial charge in [-0.3, -0.25) is 4.79 Å². The third-order valence-corrected chi connectivity index (χ3v) is 6.42. The Kier molecular flexibility index (Phi) is 6.68. The molecule has 1 aliphatic carbocycles. The SMILES string of the molecule is O=C(COc1ccc(C2CCCCC2)cc1)N1N=C(c2ccc(Cl)cc2)C[C@@]1(O)C(F)(F)F. The minimum Gasteiger partial charge on any atom is -0.484 e. The summed E-state index contributed by atoms with van der Waals surface area (Å²) in [6.45, 7) is -0.696. The zero-order valence-electron chi connectivity index (χ0n) is 17.8. The van der Waals surface area contributed by atoms with E-state index in [9.17, 15) is 23.1 Å². The number of nitrogens with zero attached hydrogens (tertiary/aromatic N) is 2. The minimum atomic E-state index is -5.11. The summed E-state index contributed by atoms with van der Waals surface area (Å²) in [6.07, 6.45) is -0.0677. The van der Waals surface area contributed by atoms with E-state index in [4.69, 9.17) is 16.3 Å². The largest absolute Gasteiger partial charge is 0.484 e. The summed E-state index contributed by atoms with van der Waals surface area (Å²) in [6, 6.07) is 13.2. The average Bonchev–Trinajstić information content (AvgIpc) is 3.18. The number of halogens is 4. The van der Waals surface area contributed by atoms with E-state index >= 15 is 0 Å². The highest BCUT2D eigenvalue weighted by molar-refractivity contribution is 6.30. The smallest absolute Gasteiger partial charge is 0.438 e. The summed E-state index contributed by atoms with van der Waals surface area (Å²) in [5.74, 6) is -0.240. The van der Waals surface area contributed by atoms with Crippen molar-refractivity contribution >= 4 is 23.2 Å². The molecule has 2 aliphatic rings. The molecule has 2 aromatic carbocycles. The fourth-order valence-electron chi connectivity index (χ4n) is 4.31. The van der Waals surface area contributed by atoms with Crippen molar-refractivity contribution in [2.24, 2.45) is 5.10 Å². The van der Waals surface area contributed by atoms with Crippen molar-refractivity contribution in [2.75, 3.05) is 6.61 Å². The molecule has 1 heterocycles. The number of benzene rings is 2. The van der Waals surface area contributed by atoms with E-state index in [-0.39, 0.29) is 10.7 Å². The number of hydrogen-bond acceptors (Lipinski definition) is 4. The van der Waals surface area contributed by atoms with E-state index in [1.807, 2.05) is 12.1 Å². The zero-order valence-corrected chi connectivity index (χ0v) is 18.6. The molecule has 1 N–H and O–H groups in total. The van der Waals surface area contributed by atoms with E-state index < -0.39 is 30.8 Å². The quantitative estimate of drug-likeness (QED) is 0.601. The topological polar surface area (TPSA) is 62.1 Å². The Morgan fingerprint density at radius 1 is 1.09 bits per heavy atom. The first kappa shape index (κ1) is 23.6. The number of rotatable bonds is 5. The van der Waals surface area contributed by atoms with E-state index in [2.05, 4.69) is 5.10 Å². The van der Waals surface area contributed by atoms with Gasteiger partial charge in [-0.15, -0.1) is 0 Å². The van der Waals surface area contributed by atoms with Crippen LogP contribution < -0.4 is 4.74 Å². The number of aliphatic hydroxyl groups is 1. The normalized spacial score (nSPS) is 21.7. The molecule has 4 rings (SSSR count). The summed E-state index contributed by atoms with van der Waals surface area (Å²) >= 11 is 5.83. The summed E-state index contributed by atoms with van der Waals surface area (Å²) in [5, 5.41) is 14.7. The van der Waals surface area contributed by atoms with Crippen molar-refractivity contribution in [1.82, 2.24) is 5.01 Å². The van der Waals surface area contributed by atoms with Crippen LogP contribution in [0.2, 0.25) is 5.02 Å². The van der Waals surface area contributed by atoms with Crippen molar-refractivity contribution < 1.29 is 27.8 Å². The van der Waals surface area contributed by atoms with Crippen molar-refractivity contribution in [3.8, 4) is 5.75 Å². The fraction of sp³-hybridized carbons (Fsp3) is 0.417. The lowest BCUT2D eigenvalue weighted by molar-refractivity contribution is -0.302. The summed E-state index contributed by atoms with van der Waals surface area (Å²) in [5.41, 5.74) is -2.00. The van der Waals surface area contributed by atoms with Crippen molar-refractivity contribution in [3.63, 3.8) is 0 Å². The van der Waals surface area contributed by atoms with Crippen LogP contribution >= 0.6 is 11.6 Å². The Morgan fingerprint density at radius 2 is 1.73 bits per heavy atom. The molecule has 0 spiro atoms. The minimum absolute atomic E-state index is 0.0725. The lowest BCUT2D eigenvalue weighted by atomic mass is 9.84. The van der Waals surface area contributed by atoms with Gasteiger partial charge in [-0.05, 0) is 54.2 Å². The molecule has 0 unspecified atom stereocenters. The van der Waals surface area contributed by atoms with E-state index in [1.54, 1.807) is 12.1 Å². The van der Waals surface area contributed by atoms with Gasteiger partial charge in [0.25, 0.3) is 11.6 Å². The van der Waals surface area contributed by atoms with Gasteiger partial charge < -0.3 is 9.84 Å². The van der Waals surface area contributed by atoms with Gasteiger partial charge >= 0.3 is 6.18 Å². The molecule has 1 atom stereocenters. The van der Waals surface area contributed by atoms with Gasteiger partial charge in [0.05, 0.1) is 12.1 Å². The van der Waals surface area contributed by atoms with Crippen LogP contribution in [0.25, 0.3) is 0 Å². The molecule has 9 heteroatoms. The monoisotopic (exact) mass is 480 g/mol. The van der Waals surface area contributed by atoms with Crippen molar-refractivity contribution in [1.29, 1.82) is 0 Å². The summed E-state index contributed by atoms with van der Waals surface area (Å²) in [4.78, 5) is 12.6. The number of carbonyl (C=O) groups is 1. The van der Waals surface area contributed by atoms with Gasteiger partial charge in [0, 0.05) is 5.02 Å². The molecule has 5 nitrogen and oxygen atoms in total. The first-order chi connectivity index (χ1) is 15.7. The maximum absolute atomic E-state index is 13.7. The lowest BCUT2D eigenvalue weighted by Crippen LogP contribution is -2.57. The molecule has 33 heavy (non-hydrogen) atoms. The zero-order chi connectivity index (χ0) is 23.6. The van der Waals surface area contributed by atoms with Crippen LogP contribution in [0, 0.1) is 0 Å². The third-order valence-electron chi connectivity index (χ3n) is 6.17. The Morgan fingerprint density at radius 3 is 2.33 bits per heavy atom. The van der Waals surface area contributed by atoms with E-state index in [0.717, 1.165) is 12.8 Å². The van der Waals surface area contributed by atoms with Gasteiger partial charge in [0.1, 0.15) is 5.75 Å². The first-order valence-corrected chi connectivity index (χ1v) is 11.2. The third kappa shape index (κ3) is 5.01. The van der Waals surface area contributed by atoms with Gasteiger partial charge in [-0.2, -0.15) is 23.3 Å². The van der Waals surface area contributed by atoms with Crippen molar-refractivity contribution in [3.05, 3.63) is 64.7 Å². The molecule has 176 valence electrons. The molecular weight excluding hydrogens is 457 g/mol. The van der Waals surface area contributed by atoms with Crippen LogP contribution in [0.4, 0.5) is 13.2 Å². The highest BCUT2D eigenvalue weighted by Crippen LogP contribution is 2.41. The maximum atomic E-state index is 13.7. The molecule has 1 saturated carbocycles. The second-order valence-electron chi connectivity index (χ2n) is 8.44. The van der Waals surface area contributed by atoms with Crippen LogP contribution in [0.5, 0.6) is 5.75 Å². The Labute approximate surface area is 194 Å². The summed E-state index contributed by atoms with van der Waals surface area (Å²) in [7, 11) is 0. The molecule has 0 saturated heterocycles. The number of ether oxygens (including phenoxy) is 1. The first-order valence-electron chi connectivity index (χ1n) is 10.9. The van der Waals surface area contributed by atoms with Crippen LogP contribution in [0.15, 0.2) is 53.6 Å². The summed E-state index contributed by atoms with van der Waals surface area (Å²) < 4.78 is 46.6. The van der Waals surface area contributed by atoms with Crippen LogP contribution in [0.3, 0.4) is 0 Å². The maximum Gasteiger partial charge on any atom is 0.438 e. The van der Waals surface area contributed by atoms with E-state index in [1.165, 1.54) is 49.1 Å². The Balaban J connectivity index is 1.47. The molecule has 1 fully saturated rings. The highest BCUT2D eigenvalue weighted by atomic mass is 35.5. The molecule has 1 aliphatic heterocycles. The van der Waals surface area contributed by atoms with Gasteiger partial charge in [0.15, 0.2) is 6.61 Å². The van der Waals surface area contributed by atoms with Gasteiger partial charge in [-0.1, -0.05) is 55.1 Å². The number of hydrazone groups is 1. The van der Waals surface area contributed by atoms with Gasteiger partial charge in [0.2, 0.25) is 0 Å². The average molecular weight is 481 g/mol. The number of amides is 1. The van der Waals surface area contributed by atoms with Crippen LogP contribution in [0.1, 0.15) is 55.6 Å². The van der Waals surface area contributed by atoms with Crippen LogP contribution in [-0.4, -0.2) is 40.2 Å². The molecular formula is C24H24ClF3N2O3. The van der Waals surface area contributed by atoms with E-state index in [0.29, 0.717) is 22.3 Å². The fourth-order valence-corrected chi connectivity index (χ4v) is 4.44. The molecule has 0 bridgehead atoms. The second kappa shape index (κ2) is 9.35. The lowest BCUT2D eigenvalue weighted by Gasteiger charge is -2.32. The van der Waals surface area contributed by atoms with Crippen LogP contribution in [-0.2, 0) is 4.79 Å². The molecule has 2 aromatic rings. The predicted octanol–water partition coefficient (Wildman–Crippen LogP) is 5.65. The van der Waals surface area contributed by atoms with Gasteiger partial charge in [-0.25, -0.2) is 0 Å². The number of carbonyl (C=O) groups excluding carboxylic acids is 1. The number of alkyl halides is 3. The predicted molar refractivity (Wildman–Crippen MR) is 118 cm³/mol. The highest BCUT2D eigenvalue weighted by Gasteiger charge is 2.63. The molecule has 1 amide bonds. The molecule has 0 radical (unpaired) electrons. The Bertz CT molecular complexity index is 1020. The number of hydrogen-bond donors (Lipinski definition) is 1. The second-order valence-corrected chi connectivity index (χ2v) is 8.88. The standard InChI is InChI=1S/C24H24ClF3N2O3/c25-19-10-6-18(7-11-19)21-14-23(32,24(26,27)28)30(29-21)22(31)15-33-20-12-8-17(9-13-20)16-4-2-1-3-5-16/h6-13,16,32H,1-5,14-15H2/t23-/m1/s1. The Hall–Kier alpha value is -2.58. The molecule has 0 aromatic heterocycles.